The maximum atomic E-state index is 13.4. The van der Waals surface area contributed by atoms with Gasteiger partial charge >= 0.3 is 0 Å². The van der Waals surface area contributed by atoms with E-state index in [4.69, 9.17) is 53.4 Å². The van der Waals surface area contributed by atoms with E-state index in [-0.39, 0.29) is 16.9 Å². The third kappa shape index (κ3) is 5.32. The summed E-state index contributed by atoms with van der Waals surface area (Å²) >= 11 is 18.2. The van der Waals surface area contributed by atoms with E-state index in [1.165, 1.54) is 26.4 Å². The second-order valence-electron chi connectivity index (χ2n) is 7.26. The topological polar surface area (TPSA) is 87.0 Å². The van der Waals surface area contributed by atoms with Crippen molar-refractivity contribution >= 4 is 57.4 Å². The Morgan fingerprint density at radius 3 is 2.37 bits per heavy atom. The van der Waals surface area contributed by atoms with Crippen molar-refractivity contribution in [2.75, 3.05) is 26.1 Å². The summed E-state index contributed by atoms with van der Waals surface area (Å²) in [6, 6.07) is 14.3. The smallest absolute Gasteiger partial charge is 0.262 e. The molecule has 0 saturated heterocycles. The number of ether oxygens (including phenoxy) is 3. The van der Waals surface area contributed by atoms with Crippen molar-refractivity contribution in [3.8, 4) is 28.6 Å². The molecule has 0 aliphatic rings. The van der Waals surface area contributed by atoms with Crippen LogP contribution in [0.15, 0.2) is 63.8 Å². The van der Waals surface area contributed by atoms with E-state index in [1.807, 2.05) is 0 Å². The summed E-state index contributed by atoms with van der Waals surface area (Å²) in [5.74, 6) is 0.297. The van der Waals surface area contributed by atoms with Crippen molar-refractivity contribution in [2.45, 2.75) is 0 Å². The van der Waals surface area contributed by atoms with Crippen LogP contribution < -0.4 is 25.0 Å². The number of halogens is 3. The molecule has 0 fully saturated rings. The summed E-state index contributed by atoms with van der Waals surface area (Å²) in [6.45, 7) is -0.500. The summed E-state index contributed by atoms with van der Waals surface area (Å²) in [6.07, 6.45) is 0. The van der Waals surface area contributed by atoms with Crippen molar-refractivity contribution in [2.24, 2.45) is 0 Å². The van der Waals surface area contributed by atoms with Gasteiger partial charge < -0.3 is 23.9 Å². The zero-order chi connectivity index (χ0) is 25.1. The molecule has 0 unspecified atom stereocenters. The molecule has 0 aliphatic carbocycles. The van der Waals surface area contributed by atoms with Gasteiger partial charge in [0.1, 0.15) is 5.58 Å². The second kappa shape index (κ2) is 10.5. The molecule has 35 heavy (non-hydrogen) atoms. The highest BCUT2D eigenvalue weighted by atomic mass is 35.5. The molecule has 1 amide bonds. The van der Waals surface area contributed by atoms with Crippen LogP contribution in [0.2, 0.25) is 15.1 Å². The molecule has 7 nitrogen and oxygen atoms in total. The molecule has 0 radical (unpaired) electrons. The van der Waals surface area contributed by atoms with Crippen molar-refractivity contribution in [1.82, 2.24) is 0 Å². The van der Waals surface area contributed by atoms with E-state index in [0.29, 0.717) is 43.4 Å². The Bertz CT molecular complexity index is 1480. The molecular weight excluding hydrogens is 517 g/mol. The Morgan fingerprint density at radius 1 is 0.914 bits per heavy atom. The zero-order valence-corrected chi connectivity index (χ0v) is 20.8. The summed E-state index contributed by atoms with van der Waals surface area (Å²) in [4.78, 5) is 25.9. The first-order valence-electron chi connectivity index (χ1n) is 10.2. The molecule has 4 rings (SSSR count). The first-order chi connectivity index (χ1) is 16.8. The lowest BCUT2D eigenvalue weighted by Gasteiger charge is -2.14. The van der Waals surface area contributed by atoms with Gasteiger partial charge in [0.25, 0.3) is 5.91 Å². The highest BCUT2D eigenvalue weighted by molar-refractivity contribution is 6.35. The van der Waals surface area contributed by atoms with E-state index in [9.17, 15) is 9.59 Å². The summed E-state index contributed by atoms with van der Waals surface area (Å²) in [7, 11) is 3.00. The van der Waals surface area contributed by atoms with E-state index in [1.54, 1.807) is 42.5 Å². The molecule has 1 aromatic heterocycles. The van der Waals surface area contributed by atoms with Gasteiger partial charge in [-0.3, -0.25) is 9.59 Å². The third-order valence-electron chi connectivity index (χ3n) is 5.01. The molecule has 4 aromatic rings. The Balaban J connectivity index is 1.74. The monoisotopic (exact) mass is 533 g/mol. The van der Waals surface area contributed by atoms with Gasteiger partial charge in [-0.15, -0.1) is 0 Å². The molecule has 0 bridgehead atoms. The van der Waals surface area contributed by atoms with Gasteiger partial charge in [-0.1, -0.05) is 34.8 Å². The zero-order valence-electron chi connectivity index (χ0n) is 18.5. The highest BCUT2D eigenvalue weighted by Gasteiger charge is 2.21. The van der Waals surface area contributed by atoms with E-state index in [2.05, 4.69) is 5.32 Å². The minimum atomic E-state index is -0.557. The van der Waals surface area contributed by atoms with Crippen LogP contribution >= 0.6 is 34.8 Å². The number of carbonyl (C=O) groups excluding carboxylic acids is 1. The lowest BCUT2D eigenvalue weighted by atomic mass is 10.1. The fourth-order valence-corrected chi connectivity index (χ4v) is 3.88. The minimum absolute atomic E-state index is 0.111. The molecule has 1 N–H and O–H groups in total. The lowest BCUT2D eigenvalue weighted by molar-refractivity contribution is -0.118. The Kier molecular flexibility index (Phi) is 7.40. The van der Waals surface area contributed by atoms with Crippen molar-refractivity contribution < 1.29 is 23.4 Å². The first-order valence-corrected chi connectivity index (χ1v) is 11.3. The van der Waals surface area contributed by atoms with Gasteiger partial charge in [-0.25, -0.2) is 0 Å². The standard InChI is InChI=1S/C25H18Cl3NO6/c1-32-20-7-3-13(9-21(20)33-2)24-25(23(31)16-10-14(26)5-8-19(16)35-24)34-12-22(30)29-18-11-15(27)4-6-17(18)28/h3-11H,12H2,1-2H3,(H,29,30). The Labute approximate surface area is 215 Å². The minimum Gasteiger partial charge on any atom is -0.493 e. The molecule has 0 atom stereocenters. The van der Waals surface area contributed by atoms with Crippen molar-refractivity contribution in [3.63, 3.8) is 0 Å². The average Bonchev–Trinajstić information content (AvgIpc) is 2.85. The molecule has 10 heteroatoms. The van der Waals surface area contributed by atoms with Crippen LogP contribution in [0.25, 0.3) is 22.3 Å². The number of fused-ring (bicyclic) bond motifs is 1. The fraction of sp³-hybridized carbons (Fsp3) is 0.120. The molecule has 0 spiro atoms. The van der Waals surface area contributed by atoms with Gasteiger partial charge in [0, 0.05) is 15.6 Å². The van der Waals surface area contributed by atoms with Gasteiger partial charge in [0.2, 0.25) is 11.2 Å². The normalized spacial score (nSPS) is 10.8. The SMILES string of the molecule is COc1ccc(-c2oc3ccc(Cl)cc3c(=O)c2OCC(=O)Nc2cc(Cl)ccc2Cl)cc1OC. The van der Waals surface area contributed by atoms with Gasteiger partial charge in [0.05, 0.1) is 30.3 Å². The van der Waals surface area contributed by atoms with Crippen LogP contribution in [-0.2, 0) is 4.79 Å². The number of hydrogen-bond donors (Lipinski definition) is 1. The Morgan fingerprint density at radius 2 is 1.63 bits per heavy atom. The van der Waals surface area contributed by atoms with Crippen molar-refractivity contribution in [3.05, 3.63) is 79.9 Å². The van der Waals surface area contributed by atoms with E-state index in [0.717, 1.165) is 0 Å². The maximum absolute atomic E-state index is 13.4. The predicted octanol–water partition coefficient (Wildman–Crippen LogP) is 6.45. The molecule has 1 heterocycles. The van der Waals surface area contributed by atoms with Crippen LogP contribution in [-0.4, -0.2) is 26.7 Å². The number of rotatable bonds is 7. The quantitative estimate of drug-likeness (QED) is 0.293. The van der Waals surface area contributed by atoms with Crippen LogP contribution in [0.3, 0.4) is 0 Å². The number of carbonyl (C=O) groups is 1. The predicted molar refractivity (Wildman–Crippen MR) is 137 cm³/mol. The highest BCUT2D eigenvalue weighted by Crippen LogP contribution is 2.37. The number of amides is 1. The van der Waals surface area contributed by atoms with E-state index >= 15 is 0 Å². The number of nitrogens with one attached hydrogen (secondary N) is 1. The van der Waals surface area contributed by atoms with Gasteiger partial charge in [0.15, 0.2) is 23.9 Å². The largest absolute Gasteiger partial charge is 0.493 e. The number of methoxy groups -OCH3 is 2. The molecule has 0 aliphatic heterocycles. The van der Waals surface area contributed by atoms with Gasteiger partial charge in [-0.05, 0) is 54.6 Å². The van der Waals surface area contributed by atoms with E-state index < -0.39 is 17.9 Å². The fourth-order valence-electron chi connectivity index (χ4n) is 3.37. The van der Waals surface area contributed by atoms with Crippen LogP contribution in [0, 0.1) is 0 Å². The summed E-state index contributed by atoms with van der Waals surface area (Å²) in [5.41, 5.74) is 0.592. The number of anilines is 1. The molecule has 0 saturated carbocycles. The molecule has 180 valence electrons. The second-order valence-corrected chi connectivity index (χ2v) is 8.54. The van der Waals surface area contributed by atoms with Crippen LogP contribution in [0.5, 0.6) is 17.2 Å². The number of benzene rings is 3. The van der Waals surface area contributed by atoms with Crippen molar-refractivity contribution in [1.29, 1.82) is 0 Å². The number of hydrogen-bond acceptors (Lipinski definition) is 6. The first kappa shape index (κ1) is 24.7. The summed E-state index contributed by atoms with van der Waals surface area (Å²) in [5, 5.41) is 3.86. The third-order valence-corrected chi connectivity index (χ3v) is 5.81. The maximum Gasteiger partial charge on any atom is 0.262 e. The average molecular weight is 535 g/mol. The van der Waals surface area contributed by atoms with Crippen LogP contribution in [0.1, 0.15) is 0 Å². The summed E-state index contributed by atoms with van der Waals surface area (Å²) < 4.78 is 22.4. The molecule has 3 aromatic carbocycles. The Hall–Kier alpha value is -3.39. The van der Waals surface area contributed by atoms with Crippen LogP contribution in [0.4, 0.5) is 5.69 Å². The lowest BCUT2D eigenvalue weighted by Crippen LogP contribution is -2.22. The molecular formula is C25H18Cl3NO6. The van der Waals surface area contributed by atoms with Gasteiger partial charge in [-0.2, -0.15) is 0 Å².